The molecule has 0 saturated heterocycles. The number of aromatic nitrogens is 1. The van der Waals surface area contributed by atoms with Crippen molar-refractivity contribution in [2.75, 3.05) is 5.73 Å². The first-order valence-corrected chi connectivity index (χ1v) is 7.13. The third-order valence-electron chi connectivity index (χ3n) is 3.97. The molecule has 0 radical (unpaired) electrons. The first-order valence-electron chi connectivity index (χ1n) is 7.13. The predicted molar refractivity (Wildman–Crippen MR) is 89.4 cm³/mol. The van der Waals surface area contributed by atoms with Crippen LogP contribution in [0.4, 0.5) is 5.69 Å². The van der Waals surface area contributed by atoms with Gasteiger partial charge in [0, 0.05) is 34.0 Å². The predicted octanol–water partition coefficient (Wildman–Crippen LogP) is 4.43. The zero-order valence-electron chi connectivity index (χ0n) is 11.7. The van der Waals surface area contributed by atoms with E-state index in [9.17, 15) is 0 Å². The molecule has 102 valence electrons. The van der Waals surface area contributed by atoms with Gasteiger partial charge in [0.25, 0.3) is 0 Å². The highest BCUT2D eigenvalue weighted by atomic mass is 15.0. The van der Waals surface area contributed by atoms with Gasteiger partial charge in [-0.1, -0.05) is 48.5 Å². The van der Waals surface area contributed by atoms with Gasteiger partial charge in [0.1, 0.15) is 0 Å². The van der Waals surface area contributed by atoms with Crippen LogP contribution >= 0.6 is 0 Å². The summed E-state index contributed by atoms with van der Waals surface area (Å²) in [7, 11) is 0. The minimum atomic E-state index is 0.813. The van der Waals surface area contributed by atoms with Gasteiger partial charge in [-0.15, -0.1) is 0 Å². The van der Waals surface area contributed by atoms with Crippen LogP contribution in [0.25, 0.3) is 21.8 Å². The minimum Gasteiger partial charge on any atom is -0.399 e. The average Bonchev–Trinajstić information content (AvgIpc) is 2.83. The highest BCUT2D eigenvalue weighted by Gasteiger charge is 2.09. The molecule has 3 aromatic carbocycles. The normalized spacial score (nSPS) is 11.2. The van der Waals surface area contributed by atoms with Gasteiger partial charge >= 0.3 is 0 Å². The molecule has 4 aromatic rings. The Bertz CT molecular complexity index is 881. The van der Waals surface area contributed by atoms with Crippen molar-refractivity contribution in [2.45, 2.75) is 6.54 Å². The summed E-state index contributed by atoms with van der Waals surface area (Å²) < 4.78 is 2.36. The largest absolute Gasteiger partial charge is 0.399 e. The molecule has 0 aliphatic rings. The third kappa shape index (κ3) is 1.96. The molecule has 1 heterocycles. The summed E-state index contributed by atoms with van der Waals surface area (Å²) in [5.41, 5.74) is 10.5. The molecule has 0 atom stereocenters. The van der Waals surface area contributed by atoms with Crippen molar-refractivity contribution in [3.05, 3.63) is 78.4 Å². The van der Waals surface area contributed by atoms with Crippen molar-refractivity contribution >= 4 is 27.5 Å². The molecule has 0 unspecified atom stereocenters. The summed E-state index contributed by atoms with van der Waals surface area (Å²) in [5.74, 6) is 0. The molecule has 2 N–H and O–H groups in total. The number of para-hydroxylation sites is 2. The van der Waals surface area contributed by atoms with Gasteiger partial charge in [-0.3, -0.25) is 0 Å². The zero-order chi connectivity index (χ0) is 14.2. The van der Waals surface area contributed by atoms with Crippen LogP contribution in [-0.2, 0) is 6.54 Å². The smallest absolute Gasteiger partial charge is 0.0494 e. The molecule has 0 aliphatic heterocycles. The molecule has 21 heavy (non-hydrogen) atoms. The monoisotopic (exact) mass is 272 g/mol. The van der Waals surface area contributed by atoms with Crippen molar-refractivity contribution in [1.82, 2.24) is 4.57 Å². The van der Waals surface area contributed by atoms with Crippen LogP contribution < -0.4 is 5.73 Å². The van der Waals surface area contributed by atoms with Gasteiger partial charge in [0.05, 0.1) is 0 Å². The number of nitrogens with zero attached hydrogens (tertiary/aromatic N) is 1. The van der Waals surface area contributed by atoms with Gasteiger partial charge in [-0.25, -0.2) is 0 Å². The first kappa shape index (κ1) is 12.0. The molecule has 0 aliphatic carbocycles. The van der Waals surface area contributed by atoms with Gasteiger partial charge in [0.2, 0.25) is 0 Å². The zero-order valence-corrected chi connectivity index (χ0v) is 11.7. The summed E-state index contributed by atoms with van der Waals surface area (Å²) in [5, 5.41) is 2.61. The molecular weight excluding hydrogens is 256 g/mol. The minimum absolute atomic E-state index is 0.813. The average molecular weight is 272 g/mol. The van der Waals surface area contributed by atoms with Crippen LogP contribution in [0.15, 0.2) is 72.8 Å². The quantitative estimate of drug-likeness (QED) is 0.538. The number of benzene rings is 3. The number of nitrogens with two attached hydrogens (primary N) is 1. The van der Waals surface area contributed by atoms with Crippen LogP contribution in [0.3, 0.4) is 0 Å². The van der Waals surface area contributed by atoms with Crippen molar-refractivity contribution in [3.63, 3.8) is 0 Å². The van der Waals surface area contributed by atoms with E-state index in [4.69, 9.17) is 5.73 Å². The Labute approximate surface area is 123 Å². The fraction of sp³-hybridized carbons (Fsp3) is 0.0526. The Hall–Kier alpha value is -2.74. The Morgan fingerprint density at radius 1 is 0.714 bits per heavy atom. The highest BCUT2D eigenvalue weighted by molar-refractivity contribution is 6.08. The number of anilines is 1. The van der Waals surface area contributed by atoms with E-state index in [2.05, 4.69) is 59.2 Å². The van der Waals surface area contributed by atoms with Gasteiger partial charge in [-0.2, -0.15) is 0 Å². The SMILES string of the molecule is Nc1cccc(Cn2c3ccccc3c3ccccc32)c1. The fourth-order valence-electron chi connectivity index (χ4n) is 3.05. The second-order valence-electron chi connectivity index (χ2n) is 5.37. The number of rotatable bonds is 2. The van der Waals surface area contributed by atoms with Crippen LogP contribution in [-0.4, -0.2) is 4.57 Å². The number of hydrogen-bond donors (Lipinski definition) is 1. The van der Waals surface area contributed by atoms with E-state index in [1.807, 2.05) is 18.2 Å². The Balaban J connectivity index is 1.97. The summed E-state index contributed by atoms with van der Waals surface area (Å²) in [6, 6.07) is 25.2. The van der Waals surface area contributed by atoms with E-state index < -0.39 is 0 Å². The van der Waals surface area contributed by atoms with Crippen molar-refractivity contribution in [2.24, 2.45) is 0 Å². The number of fused-ring (bicyclic) bond motifs is 3. The molecule has 0 spiro atoms. The lowest BCUT2D eigenvalue weighted by atomic mass is 10.2. The van der Waals surface area contributed by atoms with E-state index in [1.165, 1.54) is 27.4 Å². The molecule has 2 nitrogen and oxygen atoms in total. The fourth-order valence-corrected chi connectivity index (χ4v) is 3.05. The highest BCUT2D eigenvalue weighted by Crippen LogP contribution is 2.29. The molecule has 0 amide bonds. The van der Waals surface area contributed by atoms with E-state index in [-0.39, 0.29) is 0 Å². The molecule has 0 fully saturated rings. The van der Waals surface area contributed by atoms with Gasteiger partial charge in [0.15, 0.2) is 0 Å². The molecule has 0 saturated carbocycles. The van der Waals surface area contributed by atoms with E-state index in [1.54, 1.807) is 0 Å². The molecular formula is C19H16N2. The van der Waals surface area contributed by atoms with Crippen molar-refractivity contribution in [3.8, 4) is 0 Å². The second-order valence-corrected chi connectivity index (χ2v) is 5.37. The lowest BCUT2D eigenvalue weighted by Crippen LogP contribution is -1.99. The lowest BCUT2D eigenvalue weighted by Gasteiger charge is -2.08. The van der Waals surface area contributed by atoms with Gasteiger partial charge in [-0.05, 0) is 29.8 Å². The lowest BCUT2D eigenvalue weighted by molar-refractivity contribution is 0.869. The number of nitrogen functional groups attached to an aromatic ring is 1. The summed E-state index contributed by atoms with van der Waals surface area (Å²) in [4.78, 5) is 0. The van der Waals surface area contributed by atoms with Gasteiger partial charge < -0.3 is 10.3 Å². The molecule has 1 aromatic heterocycles. The molecule has 2 heteroatoms. The standard InChI is InChI=1S/C19H16N2/c20-15-7-5-6-14(12-15)13-21-18-10-3-1-8-16(18)17-9-2-4-11-19(17)21/h1-12H,13,20H2. The van der Waals surface area contributed by atoms with Crippen LogP contribution in [0.1, 0.15) is 5.56 Å². The maximum atomic E-state index is 5.90. The van der Waals surface area contributed by atoms with E-state index in [0.29, 0.717) is 0 Å². The first-order chi connectivity index (χ1) is 10.3. The summed E-state index contributed by atoms with van der Waals surface area (Å²) in [6.45, 7) is 0.832. The third-order valence-corrected chi connectivity index (χ3v) is 3.97. The number of hydrogen-bond acceptors (Lipinski definition) is 1. The molecule has 4 rings (SSSR count). The van der Waals surface area contributed by atoms with Crippen molar-refractivity contribution < 1.29 is 0 Å². The maximum absolute atomic E-state index is 5.90. The summed E-state index contributed by atoms with van der Waals surface area (Å²) in [6.07, 6.45) is 0. The van der Waals surface area contributed by atoms with Crippen LogP contribution in [0.2, 0.25) is 0 Å². The Kier molecular flexibility index (Phi) is 2.68. The molecule has 0 bridgehead atoms. The second kappa shape index (κ2) is 4.67. The summed E-state index contributed by atoms with van der Waals surface area (Å²) >= 11 is 0. The van der Waals surface area contributed by atoms with Crippen LogP contribution in [0.5, 0.6) is 0 Å². The van der Waals surface area contributed by atoms with Crippen LogP contribution in [0, 0.1) is 0 Å². The Morgan fingerprint density at radius 3 is 1.95 bits per heavy atom. The topological polar surface area (TPSA) is 30.9 Å². The van der Waals surface area contributed by atoms with E-state index in [0.717, 1.165) is 12.2 Å². The van der Waals surface area contributed by atoms with Crippen molar-refractivity contribution in [1.29, 1.82) is 0 Å². The maximum Gasteiger partial charge on any atom is 0.0494 e. The Morgan fingerprint density at radius 2 is 1.33 bits per heavy atom. The van der Waals surface area contributed by atoms with E-state index >= 15 is 0 Å².